The number of hydrogen-bond acceptors (Lipinski definition) is 3. The Balaban J connectivity index is 2.27. The number of unbranched alkanes of at least 4 members (excludes halogenated alkanes) is 1. The fraction of sp³-hybridized carbons (Fsp3) is 0.562. The third-order valence-corrected chi connectivity index (χ3v) is 4.38. The van der Waals surface area contributed by atoms with E-state index in [-0.39, 0.29) is 5.41 Å². The van der Waals surface area contributed by atoms with Crippen LogP contribution in [0.25, 0.3) is 0 Å². The fourth-order valence-electron chi connectivity index (χ4n) is 2.14. The maximum absolute atomic E-state index is 8.74. The number of hydrogen-bond donors (Lipinski definition) is 3. The number of oxime groups is 1. The molecular formula is C16H26BrN3O. The Kier molecular flexibility index (Phi) is 7.18. The minimum absolute atomic E-state index is 0.244. The first kappa shape index (κ1) is 18.0. The van der Waals surface area contributed by atoms with E-state index in [4.69, 9.17) is 10.9 Å². The van der Waals surface area contributed by atoms with E-state index in [1.165, 1.54) is 5.56 Å². The summed E-state index contributed by atoms with van der Waals surface area (Å²) in [7, 11) is 0. The molecule has 1 atom stereocenters. The summed E-state index contributed by atoms with van der Waals surface area (Å²) in [5, 5.41) is 15.4. The Morgan fingerprint density at radius 3 is 2.52 bits per heavy atom. The zero-order chi connectivity index (χ0) is 15.9. The molecule has 1 aromatic carbocycles. The third-order valence-electron chi connectivity index (χ3n) is 3.85. The minimum Gasteiger partial charge on any atom is -0.409 e. The van der Waals surface area contributed by atoms with E-state index in [2.05, 4.69) is 57.6 Å². The molecule has 1 rings (SSSR count). The average Bonchev–Trinajstić information content (AvgIpc) is 2.46. The standard InChI is InChI=1S/C16H26BrN3O/c1-12(13-6-8-14(17)9-7-13)19-11-5-4-10-16(2,3)15(18)20-21/h6-9,12,19,21H,4-5,10-11H2,1-3H3,(H2,18,20). The van der Waals surface area contributed by atoms with Crippen molar-refractivity contribution >= 4 is 21.8 Å². The SMILES string of the molecule is CC(NCCCCC(C)(C)/C(N)=N/O)c1ccc(Br)cc1. The second-order valence-electron chi connectivity index (χ2n) is 6.05. The number of nitrogens with two attached hydrogens (primary N) is 1. The van der Waals surface area contributed by atoms with Crippen LogP contribution >= 0.6 is 15.9 Å². The first-order chi connectivity index (χ1) is 9.86. The molecule has 4 nitrogen and oxygen atoms in total. The Hall–Kier alpha value is -1.07. The molecule has 0 amide bonds. The quantitative estimate of drug-likeness (QED) is 0.216. The smallest absolute Gasteiger partial charge is 0.144 e. The highest BCUT2D eigenvalue weighted by Gasteiger charge is 2.22. The molecule has 0 aliphatic carbocycles. The molecule has 1 aromatic rings. The number of halogens is 1. The molecule has 0 spiro atoms. The van der Waals surface area contributed by atoms with Gasteiger partial charge in [-0.1, -0.05) is 53.5 Å². The van der Waals surface area contributed by atoms with Gasteiger partial charge in [-0.2, -0.15) is 0 Å². The van der Waals surface area contributed by atoms with Gasteiger partial charge in [0.25, 0.3) is 0 Å². The van der Waals surface area contributed by atoms with Gasteiger partial charge in [-0.25, -0.2) is 0 Å². The predicted molar refractivity (Wildman–Crippen MR) is 91.6 cm³/mol. The van der Waals surface area contributed by atoms with E-state index in [1.807, 2.05) is 13.8 Å². The van der Waals surface area contributed by atoms with Crippen molar-refractivity contribution in [1.29, 1.82) is 0 Å². The van der Waals surface area contributed by atoms with Crippen molar-refractivity contribution in [2.45, 2.75) is 46.1 Å². The molecule has 0 saturated carbocycles. The summed E-state index contributed by atoms with van der Waals surface area (Å²) in [5.74, 6) is 0.304. The van der Waals surface area contributed by atoms with Crippen molar-refractivity contribution in [1.82, 2.24) is 5.32 Å². The highest BCUT2D eigenvalue weighted by atomic mass is 79.9. The second-order valence-corrected chi connectivity index (χ2v) is 6.97. The Bertz CT molecular complexity index is 457. The van der Waals surface area contributed by atoms with E-state index < -0.39 is 0 Å². The van der Waals surface area contributed by atoms with E-state index in [0.717, 1.165) is 30.3 Å². The molecule has 0 fully saturated rings. The number of nitrogens with one attached hydrogen (secondary N) is 1. The lowest BCUT2D eigenvalue weighted by Crippen LogP contribution is -2.32. The molecule has 0 radical (unpaired) electrons. The van der Waals surface area contributed by atoms with Crippen LogP contribution in [0.15, 0.2) is 33.9 Å². The minimum atomic E-state index is -0.244. The summed E-state index contributed by atoms with van der Waals surface area (Å²) in [6.07, 6.45) is 3.03. The summed E-state index contributed by atoms with van der Waals surface area (Å²) in [6.45, 7) is 7.13. The molecule has 118 valence electrons. The van der Waals surface area contributed by atoms with Crippen molar-refractivity contribution in [3.05, 3.63) is 34.3 Å². The lowest BCUT2D eigenvalue weighted by Gasteiger charge is -2.22. The zero-order valence-corrected chi connectivity index (χ0v) is 14.7. The van der Waals surface area contributed by atoms with Crippen molar-refractivity contribution in [3.63, 3.8) is 0 Å². The maximum Gasteiger partial charge on any atom is 0.144 e. The van der Waals surface area contributed by atoms with Gasteiger partial charge in [-0.15, -0.1) is 0 Å². The monoisotopic (exact) mass is 355 g/mol. The summed E-state index contributed by atoms with van der Waals surface area (Å²) in [4.78, 5) is 0. The van der Waals surface area contributed by atoms with Crippen LogP contribution in [0.1, 0.15) is 51.6 Å². The molecule has 0 aliphatic rings. The van der Waals surface area contributed by atoms with Crippen LogP contribution in [0.4, 0.5) is 0 Å². The number of amidine groups is 1. The van der Waals surface area contributed by atoms with Crippen LogP contribution < -0.4 is 11.1 Å². The highest BCUT2D eigenvalue weighted by molar-refractivity contribution is 9.10. The lowest BCUT2D eigenvalue weighted by atomic mass is 9.86. The van der Waals surface area contributed by atoms with Gasteiger partial charge in [-0.3, -0.25) is 0 Å². The molecule has 0 bridgehead atoms. The summed E-state index contributed by atoms with van der Waals surface area (Å²) in [5.41, 5.74) is 6.73. The van der Waals surface area contributed by atoms with Crippen LogP contribution in [-0.2, 0) is 0 Å². The van der Waals surface area contributed by atoms with E-state index in [1.54, 1.807) is 0 Å². The van der Waals surface area contributed by atoms with Gasteiger partial charge in [0.1, 0.15) is 5.84 Å². The molecule has 0 aliphatic heterocycles. The van der Waals surface area contributed by atoms with E-state index in [0.29, 0.717) is 11.9 Å². The zero-order valence-electron chi connectivity index (χ0n) is 13.1. The van der Waals surface area contributed by atoms with E-state index >= 15 is 0 Å². The summed E-state index contributed by atoms with van der Waals surface area (Å²) >= 11 is 3.45. The maximum atomic E-state index is 8.74. The number of rotatable bonds is 8. The first-order valence-corrected chi connectivity index (χ1v) is 8.13. The first-order valence-electron chi connectivity index (χ1n) is 7.33. The average molecular weight is 356 g/mol. The molecule has 4 N–H and O–H groups in total. The van der Waals surface area contributed by atoms with Crippen LogP contribution in [-0.4, -0.2) is 17.6 Å². The molecule has 0 saturated heterocycles. The Morgan fingerprint density at radius 1 is 1.33 bits per heavy atom. The normalized spacial score (nSPS) is 14.2. The van der Waals surface area contributed by atoms with Gasteiger partial charge in [0, 0.05) is 15.9 Å². The number of nitrogens with zero attached hydrogens (tertiary/aromatic N) is 1. The summed E-state index contributed by atoms with van der Waals surface area (Å²) < 4.78 is 1.10. The van der Waals surface area contributed by atoms with Gasteiger partial charge in [0.2, 0.25) is 0 Å². The van der Waals surface area contributed by atoms with Crippen LogP contribution in [0.3, 0.4) is 0 Å². The third kappa shape index (κ3) is 6.06. The molecule has 1 unspecified atom stereocenters. The Morgan fingerprint density at radius 2 is 1.95 bits per heavy atom. The van der Waals surface area contributed by atoms with Crippen LogP contribution in [0, 0.1) is 5.41 Å². The molecule has 5 heteroatoms. The highest BCUT2D eigenvalue weighted by Crippen LogP contribution is 2.23. The number of benzene rings is 1. The fourth-order valence-corrected chi connectivity index (χ4v) is 2.41. The van der Waals surface area contributed by atoms with Gasteiger partial charge in [-0.05, 0) is 44.0 Å². The topological polar surface area (TPSA) is 70.6 Å². The van der Waals surface area contributed by atoms with Crippen molar-refractivity contribution in [2.24, 2.45) is 16.3 Å². The van der Waals surface area contributed by atoms with Gasteiger partial charge < -0.3 is 16.3 Å². The van der Waals surface area contributed by atoms with Gasteiger partial charge in [0.05, 0.1) is 0 Å². The second kappa shape index (κ2) is 8.39. The van der Waals surface area contributed by atoms with Crippen LogP contribution in [0.5, 0.6) is 0 Å². The van der Waals surface area contributed by atoms with Gasteiger partial charge in [0.15, 0.2) is 0 Å². The van der Waals surface area contributed by atoms with Crippen LogP contribution in [0.2, 0.25) is 0 Å². The molecule has 0 heterocycles. The molecule has 0 aromatic heterocycles. The van der Waals surface area contributed by atoms with Crippen molar-refractivity contribution < 1.29 is 5.21 Å². The molecular weight excluding hydrogens is 330 g/mol. The largest absolute Gasteiger partial charge is 0.409 e. The summed E-state index contributed by atoms with van der Waals surface area (Å²) in [6, 6.07) is 8.72. The lowest BCUT2D eigenvalue weighted by molar-refractivity contribution is 0.304. The van der Waals surface area contributed by atoms with E-state index in [9.17, 15) is 0 Å². The predicted octanol–water partition coefficient (Wildman–Crippen LogP) is 4.04. The molecule has 21 heavy (non-hydrogen) atoms. The Labute approximate surface area is 135 Å². The van der Waals surface area contributed by atoms with Crippen molar-refractivity contribution in [2.75, 3.05) is 6.54 Å². The van der Waals surface area contributed by atoms with Crippen molar-refractivity contribution in [3.8, 4) is 0 Å². The van der Waals surface area contributed by atoms with Gasteiger partial charge >= 0.3 is 0 Å².